The predicted octanol–water partition coefficient (Wildman–Crippen LogP) is 3.59. The van der Waals surface area contributed by atoms with Crippen LogP contribution in [0.4, 0.5) is 0 Å². The number of nitrogens with zero attached hydrogens (tertiary/aromatic N) is 3. The number of hydrogen-bond acceptors (Lipinski definition) is 4. The quantitative estimate of drug-likeness (QED) is 0.315. The summed E-state index contributed by atoms with van der Waals surface area (Å²) in [5.41, 5.74) is 1.18. The van der Waals surface area contributed by atoms with Gasteiger partial charge in [0.15, 0.2) is 11.7 Å². The van der Waals surface area contributed by atoms with Gasteiger partial charge in [0, 0.05) is 39.8 Å². The molecule has 0 atom stereocenters. The minimum Gasteiger partial charge on any atom is -0.497 e. The number of hydrogen-bond donors (Lipinski definition) is 1. The van der Waals surface area contributed by atoms with E-state index in [4.69, 9.17) is 9.15 Å². The van der Waals surface area contributed by atoms with E-state index in [1.807, 2.05) is 17.0 Å². The lowest BCUT2D eigenvalue weighted by molar-refractivity contribution is 0.0657. The third-order valence-electron chi connectivity index (χ3n) is 5.37. The molecule has 1 N–H and O–H groups in total. The van der Waals surface area contributed by atoms with E-state index in [-0.39, 0.29) is 29.9 Å². The van der Waals surface area contributed by atoms with Crippen molar-refractivity contribution in [2.24, 2.45) is 4.99 Å². The van der Waals surface area contributed by atoms with Crippen LogP contribution in [-0.2, 0) is 6.54 Å². The van der Waals surface area contributed by atoms with Gasteiger partial charge in [0.1, 0.15) is 5.75 Å². The standard InChI is InChI=1S/C23H26N4O3.HI/c1-24-23(27-11-9-26(10-12-27)22(28)21-4-3-13-30-21)25-16-17-5-6-19-15-20(29-2)8-7-18(19)14-17;/h3-8,13-15H,9-12,16H2,1-2H3,(H,24,25);1H. The van der Waals surface area contributed by atoms with Gasteiger partial charge in [0.05, 0.1) is 13.4 Å². The Balaban J connectivity index is 0.00000272. The number of furan rings is 1. The van der Waals surface area contributed by atoms with E-state index in [0.29, 0.717) is 25.4 Å². The molecule has 1 amide bonds. The fourth-order valence-corrected chi connectivity index (χ4v) is 3.70. The van der Waals surface area contributed by atoms with Crippen LogP contribution in [0.15, 0.2) is 64.2 Å². The maximum atomic E-state index is 12.4. The summed E-state index contributed by atoms with van der Waals surface area (Å²) in [5.74, 6) is 2.03. The molecule has 0 spiro atoms. The van der Waals surface area contributed by atoms with E-state index in [1.165, 1.54) is 17.2 Å². The number of rotatable bonds is 4. The Bertz CT molecular complexity index is 1040. The lowest BCUT2D eigenvalue weighted by Gasteiger charge is -2.36. The summed E-state index contributed by atoms with van der Waals surface area (Å²) in [6.45, 7) is 3.41. The second-order valence-electron chi connectivity index (χ2n) is 7.20. The summed E-state index contributed by atoms with van der Waals surface area (Å²) >= 11 is 0. The zero-order valence-corrected chi connectivity index (χ0v) is 20.0. The number of ether oxygens (including phenoxy) is 1. The number of aliphatic imine (C=N–C) groups is 1. The van der Waals surface area contributed by atoms with Crippen LogP contribution in [0.25, 0.3) is 10.8 Å². The van der Waals surface area contributed by atoms with Gasteiger partial charge in [0.2, 0.25) is 0 Å². The molecule has 31 heavy (non-hydrogen) atoms. The van der Waals surface area contributed by atoms with Crippen LogP contribution in [0.5, 0.6) is 5.75 Å². The van der Waals surface area contributed by atoms with E-state index in [9.17, 15) is 4.79 Å². The highest BCUT2D eigenvalue weighted by Crippen LogP contribution is 2.22. The number of nitrogens with one attached hydrogen (secondary N) is 1. The van der Waals surface area contributed by atoms with Gasteiger partial charge in [-0.15, -0.1) is 24.0 Å². The highest BCUT2D eigenvalue weighted by molar-refractivity contribution is 14.0. The van der Waals surface area contributed by atoms with Crippen LogP contribution in [0.1, 0.15) is 16.1 Å². The first kappa shape index (κ1) is 22.9. The van der Waals surface area contributed by atoms with E-state index in [0.717, 1.165) is 30.2 Å². The molecule has 0 unspecified atom stereocenters. The average molecular weight is 534 g/mol. The molecular weight excluding hydrogens is 507 g/mol. The molecule has 0 bridgehead atoms. The molecule has 0 radical (unpaired) electrons. The maximum absolute atomic E-state index is 12.4. The summed E-state index contributed by atoms with van der Waals surface area (Å²) < 4.78 is 10.5. The molecule has 1 fully saturated rings. The van der Waals surface area contributed by atoms with Gasteiger partial charge < -0.3 is 24.3 Å². The topological polar surface area (TPSA) is 70.3 Å². The van der Waals surface area contributed by atoms with Gasteiger partial charge in [0.25, 0.3) is 5.91 Å². The Morgan fingerprint density at radius 1 is 1.06 bits per heavy atom. The first-order valence-electron chi connectivity index (χ1n) is 10.0. The van der Waals surface area contributed by atoms with Crippen molar-refractivity contribution < 1.29 is 13.9 Å². The van der Waals surface area contributed by atoms with E-state index in [2.05, 4.69) is 39.5 Å². The van der Waals surface area contributed by atoms with Crippen LogP contribution >= 0.6 is 24.0 Å². The van der Waals surface area contributed by atoms with Crippen molar-refractivity contribution in [1.29, 1.82) is 0 Å². The third-order valence-corrected chi connectivity index (χ3v) is 5.37. The van der Waals surface area contributed by atoms with Crippen molar-refractivity contribution >= 4 is 46.6 Å². The predicted molar refractivity (Wildman–Crippen MR) is 132 cm³/mol. The van der Waals surface area contributed by atoms with Crippen LogP contribution in [0, 0.1) is 0 Å². The number of fused-ring (bicyclic) bond motifs is 1. The molecule has 164 valence electrons. The summed E-state index contributed by atoms with van der Waals surface area (Å²) in [6, 6.07) is 15.9. The Morgan fingerprint density at radius 2 is 1.77 bits per heavy atom. The summed E-state index contributed by atoms with van der Waals surface area (Å²) in [7, 11) is 3.47. The molecular formula is C23H27IN4O3. The largest absolute Gasteiger partial charge is 0.497 e. The van der Waals surface area contributed by atoms with Crippen molar-refractivity contribution in [3.8, 4) is 5.75 Å². The van der Waals surface area contributed by atoms with Gasteiger partial charge in [-0.3, -0.25) is 9.79 Å². The fourth-order valence-electron chi connectivity index (χ4n) is 3.70. The Labute approximate surface area is 199 Å². The van der Waals surface area contributed by atoms with Crippen molar-refractivity contribution in [1.82, 2.24) is 15.1 Å². The lowest BCUT2D eigenvalue weighted by Crippen LogP contribution is -2.53. The van der Waals surface area contributed by atoms with Crippen molar-refractivity contribution in [3.05, 3.63) is 66.1 Å². The van der Waals surface area contributed by atoms with Gasteiger partial charge in [-0.1, -0.05) is 18.2 Å². The second-order valence-corrected chi connectivity index (χ2v) is 7.20. The number of benzene rings is 2. The third kappa shape index (κ3) is 5.30. The SMILES string of the molecule is CN=C(NCc1ccc2cc(OC)ccc2c1)N1CCN(C(=O)c2ccco2)CC1.I. The highest BCUT2D eigenvalue weighted by atomic mass is 127. The minimum atomic E-state index is -0.0598. The average Bonchev–Trinajstić information content (AvgIpc) is 3.34. The highest BCUT2D eigenvalue weighted by Gasteiger charge is 2.25. The molecule has 7 nitrogen and oxygen atoms in total. The zero-order valence-electron chi connectivity index (χ0n) is 17.7. The molecule has 2 aromatic carbocycles. The lowest BCUT2D eigenvalue weighted by atomic mass is 10.1. The molecule has 8 heteroatoms. The van der Waals surface area contributed by atoms with Gasteiger partial charge >= 0.3 is 0 Å². The molecule has 1 aliphatic heterocycles. The molecule has 0 aliphatic carbocycles. The number of carbonyl (C=O) groups is 1. The zero-order chi connectivity index (χ0) is 20.9. The van der Waals surface area contributed by atoms with Crippen LogP contribution in [-0.4, -0.2) is 62.0 Å². The summed E-state index contributed by atoms with van der Waals surface area (Å²) in [6.07, 6.45) is 1.53. The van der Waals surface area contributed by atoms with Gasteiger partial charge in [-0.05, 0) is 46.7 Å². The Morgan fingerprint density at radius 3 is 2.45 bits per heavy atom. The molecule has 1 aromatic heterocycles. The first-order chi connectivity index (χ1) is 14.7. The molecule has 1 aliphatic rings. The van der Waals surface area contributed by atoms with Crippen molar-refractivity contribution in [2.75, 3.05) is 40.3 Å². The molecule has 2 heterocycles. The number of carbonyl (C=O) groups excluding carboxylic acids is 1. The fraction of sp³-hybridized carbons (Fsp3) is 0.304. The Kier molecular flexibility index (Phi) is 7.78. The molecule has 0 saturated carbocycles. The summed E-state index contributed by atoms with van der Waals surface area (Å²) in [5, 5.41) is 5.77. The van der Waals surface area contributed by atoms with Crippen molar-refractivity contribution in [3.63, 3.8) is 0 Å². The number of amides is 1. The van der Waals surface area contributed by atoms with Crippen LogP contribution < -0.4 is 10.1 Å². The van der Waals surface area contributed by atoms with Gasteiger partial charge in [-0.25, -0.2) is 0 Å². The van der Waals surface area contributed by atoms with E-state index in [1.54, 1.807) is 26.3 Å². The van der Waals surface area contributed by atoms with Crippen molar-refractivity contribution in [2.45, 2.75) is 6.54 Å². The minimum absolute atomic E-state index is 0. The molecule has 3 aromatic rings. The number of guanidine groups is 1. The van der Waals surface area contributed by atoms with E-state index >= 15 is 0 Å². The second kappa shape index (κ2) is 10.5. The number of methoxy groups -OCH3 is 1. The summed E-state index contributed by atoms with van der Waals surface area (Å²) in [4.78, 5) is 20.8. The molecule has 4 rings (SSSR count). The van der Waals surface area contributed by atoms with E-state index < -0.39 is 0 Å². The number of halogens is 1. The van der Waals surface area contributed by atoms with Crippen LogP contribution in [0.3, 0.4) is 0 Å². The van der Waals surface area contributed by atoms with Crippen LogP contribution in [0.2, 0.25) is 0 Å². The normalized spacial score (nSPS) is 14.3. The smallest absolute Gasteiger partial charge is 0.289 e. The Hall–Kier alpha value is -2.75. The monoisotopic (exact) mass is 534 g/mol. The number of piperazine rings is 1. The maximum Gasteiger partial charge on any atom is 0.289 e. The molecule has 1 saturated heterocycles. The van der Waals surface area contributed by atoms with Gasteiger partial charge in [-0.2, -0.15) is 0 Å². The first-order valence-corrected chi connectivity index (χ1v) is 10.0.